The fourth-order valence-electron chi connectivity index (χ4n) is 2.10. The summed E-state index contributed by atoms with van der Waals surface area (Å²) in [6, 6.07) is 16.2. The molecule has 5 nitrogen and oxygen atoms in total. The number of aromatic nitrogens is 3. The van der Waals surface area contributed by atoms with Gasteiger partial charge in [0, 0.05) is 19.3 Å². The molecular weight excluding hydrogens is 293 g/mol. The van der Waals surface area contributed by atoms with Gasteiger partial charge in [-0.2, -0.15) is 10.1 Å². The summed E-state index contributed by atoms with van der Waals surface area (Å²) in [5, 5.41) is 11.0. The molecule has 0 radical (unpaired) electrons. The summed E-state index contributed by atoms with van der Waals surface area (Å²) >= 11 is 0. The lowest BCUT2D eigenvalue weighted by molar-refractivity contribution is 0.627. The van der Waals surface area contributed by atoms with Gasteiger partial charge in [-0.25, -0.2) is 4.39 Å². The van der Waals surface area contributed by atoms with Gasteiger partial charge >= 0.3 is 0 Å². The van der Waals surface area contributed by atoms with Crippen LogP contribution in [0.1, 0.15) is 5.56 Å². The zero-order valence-corrected chi connectivity index (χ0v) is 12.6. The minimum Gasteiger partial charge on any atom is -0.349 e. The van der Waals surface area contributed by atoms with Gasteiger partial charge in [0.25, 0.3) is 0 Å². The maximum atomic E-state index is 12.9. The summed E-state index contributed by atoms with van der Waals surface area (Å²) in [5.41, 5.74) is 1.95. The van der Waals surface area contributed by atoms with Gasteiger partial charge in [-0.1, -0.05) is 30.3 Å². The number of hydrogen-bond acceptors (Lipinski definition) is 5. The Morgan fingerprint density at radius 2 is 1.78 bits per heavy atom. The van der Waals surface area contributed by atoms with Crippen molar-refractivity contribution in [2.75, 3.05) is 17.3 Å². The van der Waals surface area contributed by atoms with Crippen LogP contribution in [0, 0.1) is 5.82 Å². The molecule has 0 fully saturated rings. The van der Waals surface area contributed by atoms with E-state index in [2.05, 4.69) is 20.5 Å². The molecule has 0 aliphatic heterocycles. The van der Waals surface area contributed by atoms with E-state index in [4.69, 9.17) is 0 Å². The van der Waals surface area contributed by atoms with Gasteiger partial charge in [0.1, 0.15) is 5.82 Å². The first-order valence-electron chi connectivity index (χ1n) is 7.19. The van der Waals surface area contributed by atoms with Gasteiger partial charge in [-0.15, -0.1) is 5.10 Å². The van der Waals surface area contributed by atoms with Crippen LogP contribution in [0.3, 0.4) is 0 Å². The van der Waals surface area contributed by atoms with Gasteiger partial charge < -0.3 is 10.2 Å². The first-order valence-corrected chi connectivity index (χ1v) is 7.19. The lowest BCUT2D eigenvalue weighted by Gasteiger charge is -2.18. The standard InChI is InChI=1S/C17H16FN5/c1-23(15-5-3-2-4-6-15)16-12-20-22-17(21-16)19-11-13-7-9-14(18)10-8-13/h2-10,12H,11H2,1H3,(H,19,21,22). The van der Waals surface area contributed by atoms with Crippen LogP contribution in [-0.2, 0) is 6.54 Å². The Bertz CT molecular complexity index is 761. The van der Waals surface area contributed by atoms with Crippen molar-refractivity contribution in [1.29, 1.82) is 0 Å². The second-order valence-electron chi connectivity index (χ2n) is 5.01. The van der Waals surface area contributed by atoms with Crippen LogP contribution in [-0.4, -0.2) is 22.2 Å². The molecule has 0 saturated carbocycles. The molecule has 0 unspecified atom stereocenters. The normalized spacial score (nSPS) is 10.3. The summed E-state index contributed by atoms with van der Waals surface area (Å²) in [7, 11) is 1.92. The predicted octanol–water partition coefficient (Wildman–Crippen LogP) is 3.39. The Balaban J connectivity index is 1.71. The van der Waals surface area contributed by atoms with Gasteiger partial charge in [0.05, 0.1) is 6.20 Å². The highest BCUT2D eigenvalue weighted by atomic mass is 19.1. The smallest absolute Gasteiger partial charge is 0.244 e. The highest BCUT2D eigenvalue weighted by Gasteiger charge is 2.07. The summed E-state index contributed by atoms with van der Waals surface area (Å²) < 4.78 is 12.9. The van der Waals surface area contributed by atoms with E-state index in [1.54, 1.807) is 18.3 Å². The van der Waals surface area contributed by atoms with E-state index in [1.165, 1.54) is 12.1 Å². The fourth-order valence-corrected chi connectivity index (χ4v) is 2.10. The molecule has 0 bridgehead atoms. The van der Waals surface area contributed by atoms with Gasteiger partial charge in [0.15, 0.2) is 5.82 Å². The maximum absolute atomic E-state index is 12.9. The van der Waals surface area contributed by atoms with E-state index in [1.807, 2.05) is 42.3 Å². The van der Waals surface area contributed by atoms with Gasteiger partial charge in [0.2, 0.25) is 5.95 Å². The van der Waals surface area contributed by atoms with Crippen LogP contribution < -0.4 is 10.2 Å². The van der Waals surface area contributed by atoms with Crippen LogP contribution in [0.4, 0.5) is 21.8 Å². The molecule has 3 rings (SSSR count). The van der Waals surface area contributed by atoms with Crippen LogP contribution in [0.2, 0.25) is 0 Å². The van der Waals surface area contributed by atoms with E-state index < -0.39 is 0 Å². The Labute approximate surface area is 133 Å². The largest absolute Gasteiger partial charge is 0.349 e. The van der Waals surface area contributed by atoms with Crippen molar-refractivity contribution in [2.45, 2.75) is 6.54 Å². The van der Waals surface area contributed by atoms with Crippen LogP contribution in [0.15, 0.2) is 60.8 Å². The molecule has 1 heterocycles. The molecule has 1 N–H and O–H groups in total. The monoisotopic (exact) mass is 309 g/mol. The zero-order valence-electron chi connectivity index (χ0n) is 12.6. The summed E-state index contributed by atoms with van der Waals surface area (Å²) in [6.07, 6.45) is 1.61. The third-order valence-corrected chi connectivity index (χ3v) is 3.40. The molecule has 116 valence electrons. The molecule has 0 aliphatic rings. The molecule has 0 saturated heterocycles. The number of benzene rings is 2. The van der Waals surface area contributed by atoms with E-state index >= 15 is 0 Å². The first kappa shape index (κ1) is 14.9. The summed E-state index contributed by atoms with van der Waals surface area (Å²) in [5.74, 6) is 0.862. The van der Waals surface area contributed by atoms with Crippen LogP contribution in [0.25, 0.3) is 0 Å². The number of nitrogens with one attached hydrogen (secondary N) is 1. The molecule has 3 aromatic rings. The molecule has 2 aromatic carbocycles. The third-order valence-electron chi connectivity index (χ3n) is 3.40. The Morgan fingerprint density at radius 3 is 2.52 bits per heavy atom. The molecule has 0 amide bonds. The SMILES string of the molecule is CN(c1ccccc1)c1cnnc(NCc2ccc(F)cc2)n1. The highest BCUT2D eigenvalue weighted by molar-refractivity contribution is 5.58. The minimum atomic E-state index is -0.252. The van der Waals surface area contributed by atoms with E-state index in [-0.39, 0.29) is 5.82 Å². The molecule has 0 aliphatic carbocycles. The second kappa shape index (κ2) is 6.83. The summed E-state index contributed by atoms with van der Waals surface area (Å²) in [6.45, 7) is 0.500. The van der Waals surface area contributed by atoms with Crippen LogP contribution >= 0.6 is 0 Å². The van der Waals surface area contributed by atoms with Crippen molar-refractivity contribution in [1.82, 2.24) is 15.2 Å². The number of rotatable bonds is 5. The first-order chi connectivity index (χ1) is 11.2. The topological polar surface area (TPSA) is 53.9 Å². The third kappa shape index (κ3) is 3.79. The molecular formula is C17H16FN5. The van der Waals surface area contributed by atoms with Crippen molar-refractivity contribution in [3.63, 3.8) is 0 Å². The number of nitrogens with zero attached hydrogens (tertiary/aromatic N) is 4. The average Bonchev–Trinajstić information content (AvgIpc) is 2.61. The zero-order chi connectivity index (χ0) is 16.1. The second-order valence-corrected chi connectivity index (χ2v) is 5.01. The number of para-hydroxylation sites is 1. The predicted molar refractivity (Wildman–Crippen MR) is 88.1 cm³/mol. The Hall–Kier alpha value is -3.02. The lowest BCUT2D eigenvalue weighted by Crippen LogP contribution is -2.14. The van der Waals surface area contributed by atoms with Crippen LogP contribution in [0.5, 0.6) is 0 Å². The van der Waals surface area contributed by atoms with Crippen molar-refractivity contribution >= 4 is 17.5 Å². The van der Waals surface area contributed by atoms with E-state index in [0.29, 0.717) is 18.3 Å². The number of halogens is 1. The van der Waals surface area contributed by atoms with Crippen molar-refractivity contribution < 1.29 is 4.39 Å². The summed E-state index contributed by atoms with van der Waals surface area (Å²) in [4.78, 5) is 6.38. The minimum absolute atomic E-state index is 0.252. The van der Waals surface area contributed by atoms with Crippen molar-refractivity contribution in [3.8, 4) is 0 Å². The Morgan fingerprint density at radius 1 is 1.04 bits per heavy atom. The van der Waals surface area contributed by atoms with Crippen molar-refractivity contribution in [2.24, 2.45) is 0 Å². The molecule has 0 spiro atoms. The lowest BCUT2D eigenvalue weighted by atomic mass is 10.2. The Kier molecular flexibility index (Phi) is 4.42. The maximum Gasteiger partial charge on any atom is 0.244 e. The quantitative estimate of drug-likeness (QED) is 0.783. The number of anilines is 3. The molecule has 6 heteroatoms. The van der Waals surface area contributed by atoms with E-state index in [0.717, 1.165) is 11.3 Å². The number of hydrogen-bond donors (Lipinski definition) is 1. The van der Waals surface area contributed by atoms with E-state index in [9.17, 15) is 4.39 Å². The molecule has 0 atom stereocenters. The van der Waals surface area contributed by atoms with Gasteiger partial charge in [-0.05, 0) is 29.8 Å². The molecule has 23 heavy (non-hydrogen) atoms. The van der Waals surface area contributed by atoms with Gasteiger partial charge in [-0.3, -0.25) is 0 Å². The van der Waals surface area contributed by atoms with Crippen molar-refractivity contribution in [3.05, 3.63) is 72.2 Å². The average molecular weight is 309 g/mol. The highest BCUT2D eigenvalue weighted by Crippen LogP contribution is 2.20. The fraction of sp³-hybridized carbons (Fsp3) is 0.118. The molecule has 1 aromatic heterocycles.